The van der Waals surface area contributed by atoms with Crippen LogP contribution in [0.5, 0.6) is 0 Å². The first-order valence-electron chi connectivity index (χ1n) is 7.16. The minimum Gasteiger partial charge on any atom is -0.352 e. The Morgan fingerprint density at radius 3 is 2.70 bits per heavy atom. The maximum atomic E-state index is 12.1. The first kappa shape index (κ1) is 17.2. The highest BCUT2D eigenvalue weighted by atomic mass is 79.9. The molecule has 1 rings (SSSR count). The van der Waals surface area contributed by atoms with Gasteiger partial charge in [0.2, 0.25) is 0 Å². The predicted molar refractivity (Wildman–Crippen MR) is 88.2 cm³/mol. The van der Waals surface area contributed by atoms with E-state index in [4.69, 9.17) is 0 Å². The van der Waals surface area contributed by atoms with Gasteiger partial charge in [-0.3, -0.25) is 4.79 Å². The lowest BCUT2D eigenvalue weighted by molar-refractivity contribution is 0.0951. The third-order valence-electron chi connectivity index (χ3n) is 3.47. The second kappa shape index (κ2) is 8.42. The van der Waals surface area contributed by atoms with Crippen LogP contribution in [0, 0.1) is 6.92 Å². The third-order valence-corrected chi connectivity index (χ3v) is 4.16. The van der Waals surface area contributed by atoms with Crippen LogP contribution in [0.4, 0.5) is 0 Å². The number of rotatable bonds is 7. The summed E-state index contributed by atoms with van der Waals surface area (Å²) in [5.41, 5.74) is 1.81. The molecular formula is C16H25BrN2O. The van der Waals surface area contributed by atoms with Crippen molar-refractivity contribution in [3.63, 3.8) is 0 Å². The second-order valence-electron chi connectivity index (χ2n) is 5.52. The zero-order valence-electron chi connectivity index (χ0n) is 12.9. The van der Waals surface area contributed by atoms with Gasteiger partial charge in [-0.2, -0.15) is 0 Å². The molecule has 1 aromatic rings. The molecule has 0 fully saturated rings. The predicted octanol–water partition coefficient (Wildman–Crippen LogP) is 3.61. The van der Waals surface area contributed by atoms with Gasteiger partial charge in [-0.25, -0.2) is 0 Å². The molecule has 0 spiro atoms. The van der Waals surface area contributed by atoms with Crippen LogP contribution in [0.3, 0.4) is 0 Å². The van der Waals surface area contributed by atoms with Crippen molar-refractivity contribution in [1.82, 2.24) is 10.2 Å². The fraction of sp³-hybridized carbons (Fsp3) is 0.562. The molecule has 0 aromatic heterocycles. The van der Waals surface area contributed by atoms with E-state index in [-0.39, 0.29) is 5.91 Å². The fourth-order valence-electron chi connectivity index (χ4n) is 1.85. The van der Waals surface area contributed by atoms with Gasteiger partial charge in [-0.05, 0) is 75.3 Å². The molecule has 0 heterocycles. The lowest BCUT2D eigenvalue weighted by atomic mass is 10.1. The van der Waals surface area contributed by atoms with E-state index in [1.165, 1.54) is 0 Å². The fourth-order valence-corrected chi connectivity index (χ4v) is 2.28. The molecule has 112 valence electrons. The summed E-state index contributed by atoms with van der Waals surface area (Å²) in [5.74, 6) is -0.00205. The summed E-state index contributed by atoms with van der Waals surface area (Å²) in [7, 11) is 2.13. The molecule has 0 unspecified atom stereocenters. The molecular weight excluding hydrogens is 316 g/mol. The van der Waals surface area contributed by atoms with E-state index in [9.17, 15) is 4.79 Å². The number of aryl methyl sites for hydroxylation is 1. The largest absolute Gasteiger partial charge is 0.352 e. The molecule has 3 nitrogen and oxygen atoms in total. The Morgan fingerprint density at radius 2 is 2.05 bits per heavy atom. The Balaban J connectivity index is 2.32. The number of carbonyl (C=O) groups is 1. The Bertz CT molecular complexity index is 446. The molecule has 20 heavy (non-hydrogen) atoms. The number of hydrogen-bond acceptors (Lipinski definition) is 2. The van der Waals surface area contributed by atoms with E-state index in [2.05, 4.69) is 47.0 Å². The Kier molecular flexibility index (Phi) is 7.24. The summed E-state index contributed by atoms with van der Waals surface area (Å²) in [4.78, 5) is 14.4. The average Bonchev–Trinajstić information content (AvgIpc) is 2.40. The van der Waals surface area contributed by atoms with Crippen LogP contribution in [0.2, 0.25) is 0 Å². The number of amides is 1. The van der Waals surface area contributed by atoms with Crippen LogP contribution in [-0.2, 0) is 0 Å². The van der Waals surface area contributed by atoms with Gasteiger partial charge in [0.15, 0.2) is 0 Å². The lowest BCUT2D eigenvalue weighted by Gasteiger charge is -2.20. The summed E-state index contributed by atoms with van der Waals surface area (Å²) in [5, 5.41) is 2.98. The number of unbranched alkanes of at least 4 members (excludes halogenated alkanes) is 1. The van der Waals surface area contributed by atoms with Crippen LogP contribution in [0.1, 0.15) is 42.6 Å². The van der Waals surface area contributed by atoms with E-state index in [1.807, 2.05) is 25.1 Å². The molecule has 1 aromatic carbocycles. The maximum Gasteiger partial charge on any atom is 0.252 e. The topological polar surface area (TPSA) is 32.3 Å². The standard InChI is InChI=1S/C16H25BrN2O/c1-12(2)19(4)10-6-5-9-18-16(20)14-11-13(3)7-8-15(14)17/h7-8,11-12H,5-6,9-10H2,1-4H3,(H,18,20). The van der Waals surface area contributed by atoms with Crippen molar-refractivity contribution in [2.24, 2.45) is 0 Å². The van der Waals surface area contributed by atoms with E-state index in [0.29, 0.717) is 11.6 Å². The quantitative estimate of drug-likeness (QED) is 0.769. The van der Waals surface area contributed by atoms with Gasteiger partial charge in [0.1, 0.15) is 0 Å². The van der Waals surface area contributed by atoms with Gasteiger partial charge in [0, 0.05) is 17.1 Å². The number of carbonyl (C=O) groups excluding carboxylic acids is 1. The van der Waals surface area contributed by atoms with Crippen molar-refractivity contribution >= 4 is 21.8 Å². The van der Waals surface area contributed by atoms with Crippen LogP contribution in [0.25, 0.3) is 0 Å². The first-order chi connectivity index (χ1) is 9.41. The highest BCUT2D eigenvalue weighted by Gasteiger charge is 2.09. The van der Waals surface area contributed by atoms with Gasteiger partial charge < -0.3 is 10.2 Å². The van der Waals surface area contributed by atoms with Crippen LogP contribution in [0.15, 0.2) is 22.7 Å². The van der Waals surface area contributed by atoms with E-state index in [1.54, 1.807) is 0 Å². The van der Waals surface area contributed by atoms with Gasteiger partial charge in [0.25, 0.3) is 5.91 Å². The normalized spacial score (nSPS) is 11.2. The molecule has 0 radical (unpaired) electrons. The molecule has 0 saturated heterocycles. The van der Waals surface area contributed by atoms with Crippen LogP contribution in [-0.4, -0.2) is 37.0 Å². The van der Waals surface area contributed by atoms with Gasteiger partial charge >= 0.3 is 0 Å². The Morgan fingerprint density at radius 1 is 1.35 bits per heavy atom. The number of hydrogen-bond donors (Lipinski definition) is 1. The average molecular weight is 341 g/mol. The molecule has 0 atom stereocenters. The van der Waals surface area contributed by atoms with Crippen molar-refractivity contribution in [3.8, 4) is 0 Å². The molecule has 0 saturated carbocycles. The van der Waals surface area contributed by atoms with Crippen molar-refractivity contribution in [1.29, 1.82) is 0 Å². The summed E-state index contributed by atoms with van der Waals surface area (Å²) in [6, 6.07) is 6.39. The van der Waals surface area contributed by atoms with E-state index in [0.717, 1.165) is 36.0 Å². The molecule has 0 aliphatic rings. The van der Waals surface area contributed by atoms with E-state index < -0.39 is 0 Å². The molecule has 1 amide bonds. The summed E-state index contributed by atoms with van der Waals surface area (Å²) >= 11 is 3.42. The molecule has 0 bridgehead atoms. The Labute approximate surface area is 130 Å². The van der Waals surface area contributed by atoms with Crippen molar-refractivity contribution < 1.29 is 4.79 Å². The zero-order chi connectivity index (χ0) is 15.1. The Hall–Kier alpha value is -0.870. The van der Waals surface area contributed by atoms with Crippen molar-refractivity contribution in [2.45, 2.75) is 39.7 Å². The van der Waals surface area contributed by atoms with Crippen LogP contribution < -0.4 is 5.32 Å². The number of halogens is 1. The van der Waals surface area contributed by atoms with Gasteiger partial charge in [-0.15, -0.1) is 0 Å². The van der Waals surface area contributed by atoms with Gasteiger partial charge in [0.05, 0.1) is 5.56 Å². The van der Waals surface area contributed by atoms with Crippen molar-refractivity contribution in [2.75, 3.05) is 20.1 Å². The molecule has 4 heteroatoms. The zero-order valence-corrected chi connectivity index (χ0v) is 14.5. The smallest absolute Gasteiger partial charge is 0.252 e. The third kappa shape index (κ3) is 5.63. The first-order valence-corrected chi connectivity index (χ1v) is 7.95. The highest BCUT2D eigenvalue weighted by molar-refractivity contribution is 9.10. The summed E-state index contributed by atoms with van der Waals surface area (Å²) in [6.45, 7) is 8.17. The minimum atomic E-state index is -0.00205. The van der Waals surface area contributed by atoms with E-state index >= 15 is 0 Å². The minimum absolute atomic E-state index is 0.00205. The molecule has 0 aliphatic carbocycles. The molecule has 1 N–H and O–H groups in total. The lowest BCUT2D eigenvalue weighted by Crippen LogP contribution is -2.29. The summed E-state index contributed by atoms with van der Waals surface area (Å²) < 4.78 is 0.847. The summed E-state index contributed by atoms with van der Waals surface area (Å²) in [6.07, 6.45) is 2.11. The maximum absolute atomic E-state index is 12.1. The highest BCUT2D eigenvalue weighted by Crippen LogP contribution is 2.17. The van der Waals surface area contributed by atoms with Crippen molar-refractivity contribution in [3.05, 3.63) is 33.8 Å². The molecule has 0 aliphatic heterocycles. The van der Waals surface area contributed by atoms with Gasteiger partial charge in [-0.1, -0.05) is 11.6 Å². The number of nitrogens with one attached hydrogen (secondary N) is 1. The van der Waals surface area contributed by atoms with Crippen LogP contribution >= 0.6 is 15.9 Å². The monoisotopic (exact) mass is 340 g/mol. The SMILES string of the molecule is Cc1ccc(Br)c(C(=O)NCCCCN(C)C(C)C)c1. The second-order valence-corrected chi connectivity index (χ2v) is 6.38. The number of benzene rings is 1. The number of nitrogens with zero attached hydrogens (tertiary/aromatic N) is 1.